The van der Waals surface area contributed by atoms with E-state index in [2.05, 4.69) is 4.74 Å². The summed E-state index contributed by atoms with van der Waals surface area (Å²) in [5.41, 5.74) is -0.631. The normalized spacial score (nSPS) is 10.6. The zero-order chi connectivity index (χ0) is 17.1. The van der Waals surface area contributed by atoms with Crippen molar-refractivity contribution in [1.82, 2.24) is 9.13 Å². The average Bonchev–Trinajstić information content (AvgIpc) is 2.58. The van der Waals surface area contributed by atoms with Gasteiger partial charge in [-0.1, -0.05) is 0 Å². The number of aromatic nitrogens is 2. The Hall–Kier alpha value is -2.77. The summed E-state index contributed by atoms with van der Waals surface area (Å²) in [7, 11) is 5.53. The standard InChI is InChI=1S/C15H18N2O6/c1-16-14(19)12-9(5-6-10(21-2)13(12)23-4)17(15(16)20)8-7-11(18)22-3/h5-6H,7-8H2,1-4H3. The zero-order valence-corrected chi connectivity index (χ0v) is 13.4. The number of esters is 1. The number of methoxy groups -OCH3 is 3. The number of rotatable bonds is 5. The number of nitrogens with zero attached hydrogens (tertiary/aromatic N) is 2. The highest BCUT2D eigenvalue weighted by Gasteiger charge is 2.18. The molecule has 0 bridgehead atoms. The summed E-state index contributed by atoms with van der Waals surface area (Å²) in [6.07, 6.45) is 0.0120. The first-order chi connectivity index (χ1) is 11.0. The number of fused-ring (bicyclic) bond motifs is 1. The van der Waals surface area contributed by atoms with Crippen molar-refractivity contribution < 1.29 is 19.0 Å². The van der Waals surface area contributed by atoms with Gasteiger partial charge >= 0.3 is 11.7 Å². The van der Waals surface area contributed by atoms with E-state index in [0.717, 1.165) is 4.57 Å². The second kappa shape index (κ2) is 6.55. The van der Waals surface area contributed by atoms with E-state index >= 15 is 0 Å². The fraction of sp³-hybridized carbons (Fsp3) is 0.400. The summed E-state index contributed by atoms with van der Waals surface area (Å²) in [6, 6.07) is 3.20. The smallest absolute Gasteiger partial charge is 0.331 e. The first-order valence-corrected chi connectivity index (χ1v) is 6.87. The second-order valence-electron chi connectivity index (χ2n) is 4.82. The van der Waals surface area contributed by atoms with Gasteiger partial charge < -0.3 is 14.2 Å². The number of ether oxygens (including phenoxy) is 3. The molecule has 0 amide bonds. The van der Waals surface area contributed by atoms with E-state index in [-0.39, 0.29) is 24.1 Å². The molecule has 0 saturated heterocycles. The molecule has 1 aromatic carbocycles. The van der Waals surface area contributed by atoms with Gasteiger partial charge in [-0.3, -0.25) is 18.7 Å². The molecular weight excluding hydrogens is 304 g/mol. The molecular formula is C15H18N2O6. The first-order valence-electron chi connectivity index (χ1n) is 6.87. The molecule has 0 fully saturated rings. The summed E-state index contributed by atoms with van der Waals surface area (Å²) < 4.78 is 17.4. The Morgan fingerprint density at radius 2 is 1.83 bits per heavy atom. The van der Waals surface area contributed by atoms with Gasteiger partial charge in [-0.2, -0.15) is 0 Å². The molecule has 0 spiro atoms. The Labute approximate surface area is 131 Å². The minimum absolute atomic E-state index is 0.0120. The van der Waals surface area contributed by atoms with Crippen molar-refractivity contribution in [2.24, 2.45) is 7.05 Å². The average molecular weight is 322 g/mol. The number of hydrogen-bond acceptors (Lipinski definition) is 6. The summed E-state index contributed by atoms with van der Waals surface area (Å²) in [4.78, 5) is 36.2. The highest BCUT2D eigenvalue weighted by Crippen LogP contribution is 2.32. The Balaban J connectivity index is 2.80. The zero-order valence-electron chi connectivity index (χ0n) is 13.4. The summed E-state index contributed by atoms with van der Waals surface area (Å²) >= 11 is 0. The molecule has 1 heterocycles. The largest absolute Gasteiger partial charge is 0.493 e. The van der Waals surface area contributed by atoms with Crippen molar-refractivity contribution in [2.45, 2.75) is 13.0 Å². The van der Waals surface area contributed by atoms with E-state index in [0.29, 0.717) is 11.3 Å². The Bertz CT molecular complexity index is 865. The molecule has 0 aliphatic rings. The Kier molecular flexibility index (Phi) is 4.73. The van der Waals surface area contributed by atoms with Crippen LogP contribution in [0.25, 0.3) is 10.9 Å². The fourth-order valence-corrected chi connectivity index (χ4v) is 2.41. The molecule has 0 saturated carbocycles. The molecule has 0 aliphatic heterocycles. The third-order valence-electron chi connectivity index (χ3n) is 3.62. The van der Waals surface area contributed by atoms with E-state index in [1.54, 1.807) is 12.1 Å². The van der Waals surface area contributed by atoms with Crippen molar-refractivity contribution in [3.63, 3.8) is 0 Å². The van der Waals surface area contributed by atoms with Crippen LogP contribution in [0.4, 0.5) is 0 Å². The third kappa shape index (κ3) is 2.79. The molecule has 0 N–H and O–H groups in total. The van der Waals surface area contributed by atoms with Crippen LogP contribution in [0.15, 0.2) is 21.7 Å². The van der Waals surface area contributed by atoms with Gasteiger partial charge in [0.05, 0.1) is 33.3 Å². The molecule has 0 unspecified atom stereocenters. The van der Waals surface area contributed by atoms with Crippen LogP contribution < -0.4 is 20.7 Å². The van der Waals surface area contributed by atoms with Gasteiger partial charge in [0, 0.05) is 13.6 Å². The van der Waals surface area contributed by atoms with Crippen molar-refractivity contribution in [1.29, 1.82) is 0 Å². The maximum absolute atomic E-state index is 12.5. The topological polar surface area (TPSA) is 88.8 Å². The summed E-state index contributed by atoms with van der Waals surface area (Å²) in [6.45, 7) is 0.0889. The maximum atomic E-state index is 12.5. The lowest BCUT2D eigenvalue weighted by Gasteiger charge is -2.15. The number of carbonyl (C=O) groups is 1. The molecule has 0 atom stereocenters. The highest BCUT2D eigenvalue weighted by molar-refractivity contribution is 5.87. The predicted octanol–water partition coefficient (Wildman–Crippen LogP) is 0.280. The number of hydrogen-bond donors (Lipinski definition) is 0. The lowest BCUT2D eigenvalue weighted by atomic mass is 10.2. The number of carbonyl (C=O) groups excluding carboxylic acids is 1. The van der Waals surface area contributed by atoms with Gasteiger partial charge in [0.2, 0.25) is 0 Å². The molecule has 2 aromatic rings. The van der Waals surface area contributed by atoms with E-state index in [9.17, 15) is 14.4 Å². The molecule has 8 nitrogen and oxygen atoms in total. The first kappa shape index (κ1) is 16.6. The van der Waals surface area contributed by atoms with Gasteiger partial charge in [0.1, 0.15) is 5.39 Å². The lowest BCUT2D eigenvalue weighted by Crippen LogP contribution is -2.38. The van der Waals surface area contributed by atoms with E-state index in [1.807, 2.05) is 0 Å². The van der Waals surface area contributed by atoms with E-state index < -0.39 is 17.2 Å². The van der Waals surface area contributed by atoms with Crippen LogP contribution in [-0.2, 0) is 23.1 Å². The molecule has 0 radical (unpaired) electrons. The van der Waals surface area contributed by atoms with E-state index in [1.165, 1.54) is 32.9 Å². The van der Waals surface area contributed by atoms with Crippen molar-refractivity contribution in [2.75, 3.05) is 21.3 Å². The van der Waals surface area contributed by atoms with Crippen LogP contribution >= 0.6 is 0 Å². The third-order valence-corrected chi connectivity index (χ3v) is 3.62. The van der Waals surface area contributed by atoms with Gasteiger partial charge in [-0.15, -0.1) is 0 Å². The SMILES string of the molecule is COC(=O)CCn1c(=O)n(C)c(=O)c2c(OC)c(OC)ccc21. The van der Waals surface area contributed by atoms with Crippen LogP contribution in [0.5, 0.6) is 11.5 Å². The van der Waals surface area contributed by atoms with Crippen LogP contribution in [0, 0.1) is 0 Å². The number of aryl methyl sites for hydroxylation is 1. The quantitative estimate of drug-likeness (QED) is 0.735. The van der Waals surface area contributed by atoms with Gasteiger partial charge in [-0.25, -0.2) is 4.79 Å². The lowest BCUT2D eigenvalue weighted by molar-refractivity contribution is -0.140. The van der Waals surface area contributed by atoms with Crippen molar-refractivity contribution in [3.8, 4) is 11.5 Å². The minimum Gasteiger partial charge on any atom is -0.493 e. The van der Waals surface area contributed by atoms with Gasteiger partial charge in [-0.05, 0) is 12.1 Å². The fourth-order valence-electron chi connectivity index (χ4n) is 2.41. The summed E-state index contributed by atoms with van der Waals surface area (Å²) in [5, 5.41) is 0.221. The van der Waals surface area contributed by atoms with Gasteiger partial charge in [0.15, 0.2) is 11.5 Å². The Morgan fingerprint density at radius 3 is 2.39 bits per heavy atom. The van der Waals surface area contributed by atoms with Crippen LogP contribution in [0.2, 0.25) is 0 Å². The van der Waals surface area contributed by atoms with Gasteiger partial charge in [0.25, 0.3) is 5.56 Å². The predicted molar refractivity (Wildman–Crippen MR) is 83.2 cm³/mol. The number of benzene rings is 1. The van der Waals surface area contributed by atoms with Crippen LogP contribution in [0.1, 0.15) is 6.42 Å². The second-order valence-corrected chi connectivity index (χ2v) is 4.82. The Morgan fingerprint density at radius 1 is 1.13 bits per heavy atom. The molecule has 2 rings (SSSR count). The monoisotopic (exact) mass is 322 g/mol. The molecule has 0 aliphatic carbocycles. The highest BCUT2D eigenvalue weighted by atomic mass is 16.5. The molecule has 124 valence electrons. The molecule has 8 heteroatoms. The maximum Gasteiger partial charge on any atom is 0.331 e. The minimum atomic E-state index is -0.515. The van der Waals surface area contributed by atoms with Crippen molar-refractivity contribution >= 4 is 16.9 Å². The van der Waals surface area contributed by atoms with Crippen molar-refractivity contribution in [3.05, 3.63) is 33.0 Å². The molecule has 23 heavy (non-hydrogen) atoms. The summed E-state index contributed by atoms with van der Waals surface area (Å²) in [5.74, 6) is 0.187. The molecule has 1 aromatic heterocycles. The van der Waals surface area contributed by atoms with Crippen LogP contribution in [-0.4, -0.2) is 36.4 Å². The van der Waals surface area contributed by atoms with E-state index in [4.69, 9.17) is 9.47 Å². The van der Waals surface area contributed by atoms with Crippen LogP contribution in [0.3, 0.4) is 0 Å².